The Labute approximate surface area is 142 Å². The van der Waals surface area contributed by atoms with Crippen LogP contribution >= 0.6 is 0 Å². The van der Waals surface area contributed by atoms with Crippen molar-refractivity contribution in [2.45, 2.75) is 89.9 Å². The quantitative estimate of drug-likeness (QED) is 0.269. The first-order valence-corrected chi connectivity index (χ1v) is 9.40. The van der Waals surface area contributed by atoms with Crippen LogP contribution in [0.15, 0.2) is 24.3 Å². The van der Waals surface area contributed by atoms with Crippen molar-refractivity contribution < 1.29 is 15.0 Å². The molecule has 0 aliphatic rings. The molecular formula is C20H36O3. The summed E-state index contributed by atoms with van der Waals surface area (Å²) in [6.07, 6.45) is 24.0. The average Bonchev–Trinajstić information content (AvgIpc) is 2.53. The van der Waals surface area contributed by atoms with Crippen molar-refractivity contribution in [1.82, 2.24) is 0 Å². The van der Waals surface area contributed by atoms with Crippen molar-refractivity contribution in [3.63, 3.8) is 0 Å². The van der Waals surface area contributed by atoms with Crippen molar-refractivity contribution in [3.05, 3.63) is 24.3 Å². The van der Waals surface area contributed by atoms with Gasteiger partial charge < -0.3 is 10.2 Å². The molecule has 0 atom stereocenters. The van der Waals surface area contributed by atoms with Gasteiger partial charge in [0.25, 0.3) is 0 Å². The SMILES string of the molecule is O=C(O)CCCCCCCCC=CCC=CCCCCCCO. The first-order chi connectivity index (χ1) is 11.3. The van der Waals surface area contributed by atoms with E-state index in [-0.39, 0.29) is 0 Å². The Bertz CT molecular complexity index is 308. The maximum atomic E-state index is 10.4. The van der Waals surface area contributed by atoms with Crippen molar-refractivity contribution in [2.24, 2.45) is 0 Å². The third-order valence-electron chi connectivity index (χ3n) is 3.90. The van der Waals surface area contributed by atoms with Gasteiger partial charge in [-0.2, -0.15) is 0 Å². The Morgan fingerprint density at radius 1 is 0.652 bits per heavy atom. The van der Waals surface area contributed by atoms with E-state index in [9.17, 15) is 4.79 Å². The second kappa shape index (κ2) is 19.0. The highest BCUT2D eigenvalue weighted by Crippen LogP contribution is 2.09. The van der Waals surface area contributed by atoms with Crippen LogP contribution in [-0.2, 0) is 4.79 Å². The summed E-state index contributed by atoms with van der Waals surface area (Å²) in [7, 11) is 0. The van der Waals surface area contributed by atoms with Gasteiger partial charge in [0.1, 0.15) is 0 Å². The first kappa shape index (κ1) is 21.9. The summed E-state index contributed by atoms with van der Waals surface area (Å²) >= 11 is 0. The number of carboxylic acid groups (broad SMARTS) is 1. The van der Waals surface area contributed by atoms with Crippen molar-refractivity contribution in [3.8, 4) is 0 Å². The van der Waals surface area contributed by atoms with Crippen LogP contribution in [0.3, 0.4) is 0 Å². The second-order valence-corrected chi connectivity index (χ2v) is 6.16. The van der Waals surface area contributed by atoms with Crippen LogP contribution in [0.25, 0.3) is 0 Å². The Morgan fingerprint density at radius 2 is 1.13 bits per heavy atom. The predicted octanol–water partition coefficient (Wildman–Crippen LogP) is 5.64. The monoisotopic (exact) mass is 324 g/mol. The average molecular weight is 325 g/mol. The molecule has 23 heavy (non-hydrogen) atoms. The Kier molecular flexibility index (Phi) is 18.1. The van der Waals surface area contributed by atoms with Gasteiger partial charge in [-0.1, -0.05) is 62.8 Å². The Balaban J connectivity index is 3.17. The molecule has 0 unspecified atom stereocenters. The number of hydrogen-bond acceptors (Lipinski definition) is 2. The molecule has 3 heteroatoms. The molecule has 0 aliphatic carbocycles. The summed E-state index contributed by atoms with van der Waals surface area (Å²) in [5.74, 6) is -0.675. The van der Waals surface area contributed by atoms with Crippen LogP contribution < -0.4 is 0 Å². The molecule has 3 nitrogen and oxygen atoms in total. The minimum atomic E-state index is -0.675. The molecule has 0 aromatic carbocycles. The van der Waals surface area contributed by atoms with Gasteiger partial charge >= 0.3 is 5.97 Å². The second-order valence-electron chi connectivity index (χ2n) is 6.16. The first-order valence-electron chi connectivity index (χ1n) is 9.40. The molecular weight excluding hydrogens is 288 g/mol. The van der Waals surface area contributed by atoms with Gasteiger partial charge in [0.05, 0.1) is 0 Å². The van der Waals surface area contributed by atoms with Crippen molar-refractivity contribution in [1.29, 1.82) is 0 Å². The number of unbranched alkanes of at least 4 members (excludes halogenated alkanes) is 10. The number of aliphatic hydroxyl groups excluding tert-OH is 1. The van der Waals surface area contributed by atoms with Crippen LogP contribution in [0.5, 0.6) is 0 Å². The zero-order valence-corrected chi connectivity index (χ0v) is 14.7. The van der Waals surface area contributed by atoms with E-state index in [4.69, 9.17) is 10.2 Å². The summed E-state index contributed by atoms with van der Waals surface area (Å²) in [5.41, 5.74) is 0. The van der Waals surface area contributed by atoms with Crippen LogP contribution in [0.4, 0.5) is 0 Å². The van der Waals surface area contributed by atoms with E-state index >= 15 is 0 Å². The summed E-state index contributed by atoms with van der Waals surface area (Å²) in [5, 5.41) is 17.2. The third kappa shape index (κ3) is 20.9. The lowest BCUT2D eigenvalue weighted by Crippen LogP contribution is -1.93. The minimum absolute atomic E-state index is 0.318. The fourth-order valence-electron chi connectivity index (χ4n) is 2.48. The van der Waals surface area contributed by atoms with E-state index in [1.807, 2.05) is 0 Å². The standard InChI is InChI=1S/C20H36O3/c21-19-17-15-13-11-9-7-5-3-1-2-4-6-8-10-12-14-16-18-20(22)23/h1-2,5,7,21H,3-4,6,8-19H2,(H,22,23). The van der Waals surface area contributed by atoms with E-state index in [0.717, 1.165) is 51.4 Å². The molecule has 0 saturated heterocycles. The van der Waals surface area contributed by atoms with Gasteiger partial charge in [-0.3, -0.25) is 4.79 Å². The number of aliphatic carboxylic acids is 1. The van der Waals surface area contributed by atoms with Gasteiger partial charge in [-0.25, -0.2) is 0 Å². The molecule has 0 spiro atoms. The summed E-state index contributed by atoms with van der Waals surface area (Å²) in [6.45, 7) is 0.325. The topological polar surface area (TPSA) is 57.5 Å². The Hall–Kier alpha value is -1.09. The molecule has 0 radical (unpaired) electrons. The maximum Gasteiger partial charge on any atom is 0.303 e. The Morgan fingerprint density at radius 3 is 1.65 bits per heavy atom. The molecule has 0 aromatic heterocycles. The number of hydrogen-bond donors (Lipinski definition) is 2. The number of allylic oxidation sites excluding steroid dienone is 4. The smallest absolute Gasteiger partial charge is 0.303 e. The summed E-state index contributed by atoms with van der Waals surface area (Å²) in [6, 6.07) is 0. The number of carbonyl (C=O) groups is 1. The van der Waals surface area contributed by atoms with Crippen LogP contribution in [0, 0.1) is 0 Å². The molecule has 134 valence electrons. The molecule has 0 saturated carbocycles. The zero-order valence-electron chi connectivity index (χ0n) is 14.7. The fourth-order valence-corrected chi connectivity index (χ4v) is 2.48. The lowest BCUT2D eigenvalue weighted by atomic mass is 10.1. The van der Waals surface area contributed by atoms with Gasteiger partial charge in [0, 0.05) is 13.0 Å². The fraction of sp³-hybridized carbons (Fsp3) is 0.750. The third-order valence-corrected chi connectivity index (χ3v) is 3.90. The van der Waals surface area contributed by atoms with Crippen LogP contribution in [0.1, 0.15) is 89.9 Å². The van der Waals surface area contributed by atoms with Gasteiger partial charge in [0.15, 0.2) is 0 Å². The normalized spacial score (nSPS) is 11.7. The molecule has 2 N–H and O–H groups in total. The molecule has 0 heterocycles. The van der Waals surface area contributed by atoms with E-state index in [1.165, 1.54) is 32.1 Å². The molecule has 0 amide bonds. The molecule has 0 aromatic rings. The van der Waals surface area contributed by atoms with Crippen molar-refractivity contribution >= 4 is 5.97 Å². The predicted molar refractivity (Wildman–Crippen MR) is 97.6 cm³/mol. The molecule has 0 bridgehead atoms. The highest BCUT2D eigenvalue weighted by molar-refractivity contribution is 5.66. The van der Waals surface area contributed by atoms with Gasteiger partial charge in [0.2, 0.25) is 0 Å². The van der Waals surface area contributed by atoms with Crippen LogP contribution in [-0.4, -0.2) is 22.8 Å². The van der Waals surface area contributed by atoms with Crippen molar-refractivity contribution in [2.75, 3.05) is 6.61 Å². The zero-order chi connectivity index (χ0) is 17.0. The lowest BCUT2D eigenvalue weighted by molar-refractivity contribution is -0.137. The van der Waals surface area contributed by atoms with E-state index in [2.05, 4.69) is 24.3 Å². The van der Waals surface area contributed by atoms with Gasteiger partial charge in [-0.05, 0) is 44.9 Å². The van der Waals surface area contributed by atoms with Gasteiger partial charge in [-0.15, -0.1) is 0 Å². The molecule has 0 fully saturated rings. The maximum absolute atomic E-state index is 10.4. The molecule has 0 rings (SSSR count). The van der Waals surface area contributed by atoms with E-state index < -0.39 is 5.97 Å². The number of carboxylic acids is 1. The van der Waals surface area contributed by atoms with E-state index in [1.54, 1.807) is 0 Å². The lowest BCUT2D eigenvalue weighted by Gasteiger charge is -1.99. The summed E-state index contributed by atoms with van der Waals surface area (Å²) < 4.78 is 0. The number of aliphatic hydroxyl groups is 1. The minimum Gasteiger partial charge on any atom is -0.481 e. The van der Waals surface area contributed by atoms with E-state index in [0.29, 0.717) is 13.0 Å². The molecule has 0 aliphatic heterocycles. The highest BCUT2D eigenvalue weighted by Gasteiger charge is 1.96. The highest BCUT2D eigenvalue weighted by atomic mass is 16.4. The summed E-state index contributed by atoms with van der Waals surface area (Å²) in [4.78, 5) is 10.4. The van der Waals surface area contributed by atoms with Crippen LogP contribution in [0.2, 0.25) is 0 Å². The largest absolute Gasteiger partial charge is 0.481 e. The number of rotatable bonds is 17.